The fourth-order valence-corrected chi connectivity index (χ4v) is 1.77. The van der Waals surface area contributed by atoms with Gasteiger partial charge in [0.25, 0.3) is 5.91 Å². The molecule has 1 heterocycles. The fourth-order valence-electron chi connectivity index (χ4n) is 1.59. The second-order valence-electron chi connectivity index (χ2n) is 3.42. The van der Waals surface area contributed by atoms with Crippen LogP contribution >= 0.6 is 11.6 Å². The highest BCUT2D eigenvalue weighted by molar-refractivity contribution is 6.31. The topological polar surface area (TPSA) is 20.3 Å². The molecule has 1 aliphatic rings. The minimum atomic E-state index is 0.0924. The van der Waals surface area contributed by atoms with Crippen molar-refractivity contribution in [2.75, 3.05) is 7.05 Å². The van der Waals surface area contributed by atoms with Crippen molar-refractivity contribution < 1.29 is 4.79 Å². The summed E-state index contributed by atoms with van der Waals surface area (Å²) in [6.45, 7) is 6.59. The Bertz CT molecular complexity index is 387. The number of hydrogen-bond acceptors (Lipinski definition) is 1. The zero-order valence-electron chi connectivity index (χ0n) is 9.60. The molecule has 0 aliphatic carbocycles. The Labute approximate surface area is 95.8 Å². The summed E-state index contributed by atoms with van der Waals surface area (Å²) in [5.74, 6) is 0.0924. The molecule has 0 atom stereocenters. The molecule has 0 bridgehead atoms. The Morgan fingerprint density at radius 1 is 1.33 bits per heavy atom. The first-order chi connectivity index (χ1) is 7.09. The van der Waals surface area contributed by atoms with E-state index in [0.29, 0.717) is 6.54 Å². The molecule has 1 aromatic rings. The van der Waals surface area contributed by atoms with Crippen LogP contribution in [0.4, 0.5) is 0 Å². The van der Waals surface area contributed by atoms with Gasteiger partial charge in [-0.1, -0.05) is 25.4 Å². The smallest absolute Gasteiger partial charge is 0.254 e. The first-order valence-corrected chi connectivity index (χ1v) is 5.52. The summed E-state index contributed by atoms with van der Waals surface area (Å²) in [5, 5.41) is 0.738. The SMILES string of the molecule is CC.Cc1cc2c(cc1Cl)CN(C)C2=O. The first-order valence-electron chi connectivity index (χ1n) is 5.14. The van der Waals surface area contributed by atoms with Crippen molar-refractivity contribution in [3.8, 4) is 0 Å². The number of benzene rings is 1. The lowest BCUT2D eigenvalue weighted by Crippen LogP contribution is -2.17. The number of halogens is 1. The molecular formula is C12H16ClNO. The van der Waals surface area contributed by atoms with Gasteiger partial charge in [-0.05, 0) is 30.2 Å². The summed E-state index contributed by atoms with van der Waals surface area (Å²) in [5.41, 5.74) is 2.79. The Balaban J connectivity index is 0.000000531. The standard InChI is InChI=1S/C10H10ClNO.C2H6/c1-6-3-8-7(4-9(6)11)5-12(2)10(8)13;1-2/h3-4H,5H2,1-2H3;1-2H3. The maximum Gasteiger partial charge on any atom is 0.254 e. The summed E-state index contributed by atoms with van der Waals surface area (Å²) in [4.78, 5) is 13.2. The van der Waals surface area contributed by atoms with Gasteiger partial charge in [-0.2, -0.15) is 0 Å². The largest absolute Gasteiger partial charge is 0.337 e. The molecule has 0 fully saturated rings. The van der Waals surface area contributed by atoms with E-state index < -0.39 is 0 Å². The number of hydrogen-bond donors (Lipinski definition) is 0. The molecule has 0 N–H and O–H groups in total. The number of rotatable bonds is 0. The molecule has 0 spiro atoms. The second-order valence-corrected chi connectivity index (χ2v) is 3.83. The highest BCUT2D eigenvalue weighted by Crippen LogP contribution is 2.27. The van der Waals surface area contributed by atoms with E-state index >= 15 is 0 Å². The third-order valence-electron chi connectivity index (χ3n) is 2.37. The lowest BCUT2D eigenvalue weighted by molar-refractivity contribution is 0.0816. The highest BCUT2D eigenvalue weighted by Gasteiger charge is 2.24. The number of amides is 1. The summed E-state index contributed by atoms with van der Waals surface area (Å²) < 4.78 is 0. The average Bonchev–Trinajstić information content (AvgIpc) is 2.49. The van der Waals surface area contributed by atoms with Gasteiger partial charge in [0.05, 0.1) is 0 Å². The molecule has 1 amide bonds. The zero-order chi connectivity index (χ0) is 11.6. The van der Waals surface area contributed by atoms with Crippen LogP contribution in [0.2, 0.25) is 5.02 Å². The average molecular weight is 226 g/mol. The van der Waals surface area contributed by atoms with Crippen LogP contribution in [0, 0.1) is 6.92 Å². The monoisotopic (exact) mass is 225 g/mol. The maximum absolute atomic E-state index is 11.5. The van der Waals surface area contributed by atoms with Crippen LogP contribution in [0.15, 0.2) is 12.1 Å². The normalized spacial score (nSPS) is 13.4. The van der Waals surface area contributed by atoms with Crippen molar-refractivity contribution in [1.29, 1.82) is 0 Å². The van der Waals surface area contributed by atoms with Gasteiger partial charge in [-0.25, -0.2) is 0 Å². The molecule has 82 valence electrons. The molecule has 0 radical (unpaired) electrons. The molecule has 2 nitrogen and oxygen atoms in total. The number of carbonyl (C=O) groups excluding carboxylic acids is 1. The third-order valence-corrected chi connectivity index (χ3v) is 2.78. The van der Waals surface area contributed by atoms with Crippen molar-refractivity contribution in [3.63, 3.8) is 0 Å². The number of carbonyl (C=O) groups is 1. The summed E-state index contributed by atoms with van der Waals surface area (Å²) in [6, 6.07) is 3.75. The molecule has 0 saturated carbocycles. The van der Waals surface area contributed by atoms with Crippen molar-refractivity contribution in [3.05, 3.63) is 33.8 Å². The van der Waals surface area contributed by atoms with Gasteiger partial charge in [0.15, 0.2) is 0 Å². The number of fused-ring (bicyclic) bond motifs is 1. The van der Waals surface area contributed by atoms with Crippen molar-refractivity contribution >= 4 is 17.5 Å². The van der Waals surface area contributed by atoms with Gasteiger partial charge >= 0.3 is 0 Å². The Morgan fingerprint density at radius 3 is 2.53 bits per heavy atom. The van der Waals surface area contributed by atoms with Gasteiger partial charge < -0.3 is 4.90 Å². The van der Waals surface area contributed by atoms with Crippen molar-refractivity contribution in [1.82, 2.24) is 4.90 Å². The molecular weight excluding hydrogens is 210 g/mol. The zero-order valence-corrected chi connectivity index (χ0v) is 10.4. The number of aryl methyl sites for hydroxylation is 1. The second kappa shape index (κ2) is 4.67. The van der Waals surface area contributed by atoms with E-state index in [-0.39, 0.29) is 5.91 Å². The minimum Gasteiger partial charge on any atom is -0.337 e. The lowest BCUT2D eigenvalue weighted by Gasteiger charge is -2.04. The summed E-state index contributed by atoms with van der Waals surface area (Å²) in [6.07, 6.45) is 0. The van der Waals surface area contributed by atoms with Gasteiger partial charge in [-0.3, -0.25) is 4.79 Å². The molecule has 3 heteroatoms. The van der Waals surface area contributed by atoms with Crippen LogP contribution in [0.25, 0.3) is 0 Å². The Hall–Kier alpha value is -1.02. The quantitative estimate of drug-likeness (QED) is 0.664. The minimum absolute atomic E-state index is 0.0924. The molecule has 0 aromatic heterocycles. The molecule has 1 aliphatic heterocycles. The van der Waals surface area contributed by atoms with Crippen molar-refractivity contribution in [2.45, 2.75) is 27.3 Å². The van der Waals surface area contributed by atoms with Gasteiger partial charge in [0, 0.05) is 24.2 Å². The molecule has 0 saturated heterocycles. The Kier molecular flexibility index (Phi) is 3.75. The van der Waals surface area contributed by atoms with Crippen molar-refractivity contribution in [2.24, 2.45) is 0 Å². The van der Waals surface area contributed by atoms with E-state index in [1.807, 2.05) is 32.9 Å². The van der Waals surface area contributed by atoms with E-state index in [1.54, 1.807) is 11.9 Å². The third kappa shape index (κ3) is 2.15. The lowest BCUT2D eigenvalue weighted by atomic mass is 10.1. The van der Waals surface area contributed by atoms with E-state index in [0.717, 1.165) is 21.7 Å². The van der Waals surface area contributed by atoms with Gasteiger partial charge in [-0.15, -0.1) is 0 Å². The van der Waals surface area contributed by atoms with Crippen LogP contribution in [-0.2, 0) is 6.54 Å². The van der Waals surface area contributed by atoms with E-state index in [9.17, 15) is 4.79 Å². The highest BCUT2D eigenvalue weighted by atomic mass is 35.5. The fraction of sp³-hybridized carbons (Fsp3) is 0.417. The predicted octanol–water partition coefficient (Wildman–Crippen LogP) is 3.26. The van der Waals surface area contributed by atoms with E-state index in [1.165, 1.54) is 0 Å². The van der Waals surface area contributed by atoms with E-state index in [4.69, 9.17) is 11.6 Å². The van der Waals surface area contributed by atoms with Crippen LogP contribution in [0.1, 0.15) is 35.3 Å². The van der Waals surface area contributed by atoms with Crippen LogP contribution in [0.3, 0.4) is 0 Å². The molecule has 2 rings (SSSR count). The van der Waals surface area contributed by atoms with Crippen LogP contribution in [0.5, 0.6) is 0 Å². The molecule has 0 unspecified atom stereocenters. The number of nitrogens with zero attached hydrogens (tertiary/aromatic N) is 1. The predicted molar refractivity (Wildman–Crippen MR) is 63.3 cm³/mol. The maximum atomic E-state index is 11.5. The van der Waals surface area contributed by atoms with Crippen LogP contribution in [-0.4, -0.2) is 17.9 Å². The van der Waals surface area contributed by atoms with Crippen LogP contribution < -0.4 is 0 Å². The summed E-state index contributed by atoms with van der Waals surface area (Å²) in [7, 11) is 1.80. The Morgan fingerprint density at radius 2 is 1.93 bits per heavy atom. The van der Waals surface area contributed by atoms with E-state index in [2.05, 4.69) is 0 Å². The molecule has 15 heavy (non-hydrogen) atoms. The van der Waals surface area contributed by atoms with Gasteiger partial charge in [0.1, 0.15) is 0 Å². The first kappa shape index (κ1) is 12.1. The summed E-state index contributed by atoms with van der Waals surface area (Å²) >= 11 is 5.96. The molecule has 1 aromatic carbocycles. The van der Waals surface area contributed by atoms with Gasteiger partial charge in [0.2, 0.25) is 0 Å².